The van der Waals surface area contributed by atoms with Gasteiger partial charge in [-0.2, -0.15) is 10.1 Å². The molecule has 1 N–H and O–H groups in total. The van der Waals surface area contributed by atoms with E-state index in [1.165, 1.54) is 6.33 Å². The van der Waals surface area contributed by atoms with Crippen LogP contribution in [0.15, 0.2) is 35.1 Å². The van der Waals surface area contributed by atoms with Crippen molar-refractivity contribution >= 4 is 0 Å². The van der Waals surface area contributed by atoms with E-state index in [-0.39, 0.29) is 5.92 Å². The van der Waals surface area contributed by atoms with Gasteiger partial charge in [-0.05, 0) is 18.6 Å². The van der Waals surface area contributed by atoms with Gasteiger partial charge in [0.15, 0.2) is 11.6 Å². The van der Waals surface area contributed by atoms with Gasteiger partial charge in [0.25, 0.3) is 5.89 Å². The Morgan fingerprint density at radius 1 is 1.14 bits per heavy atom. The number of rotatable bonds is 3. The highest BCUT2D eigenvalue weighted by molar-refractivity contribution is 5.61. The maximum absolute atomic E-state index is 5.35. The summed E-state index contributed by atoms with van der Waals surface area (Å²) < 4.78 is 10.7. The Morgan fingerprint density at radius 2 is 2.00 bits per heavy atom. The first kappa shape index (κ1) is 12.2. The van der Waals surface area contributed by atoms with Crippen LogP contribution in [0.25, 0.3) is 22.8 Å². The molecule has 0 radical (unpaired) electrons. The number of nitrogens with one attached hydrogen (secondary N) is 1. The maximum Gasteiger partial charge on any atom is 0.257 e. The lowest BCUT2D eigenvalue weighted by molar-refractivity contribution is 0.192. The summed E-state index contributed by atoms with van der Waals surface area (Å²) in [7, 11) is 0. The van der Waals surface area contributed by atoms with Crippen molar-refractivity contribution in [1.82, 2.24) is 25.3 Å². The van der Waals surface area contributed by atoms with Crippen LogP contribution in [0.3, 0.4) is 0 Å². The van der Waals surface area contributed by atoms with Crippen molar-refractivity contribution in [3.63, 3.8) is 0 Å². The third kappa shape index (κ3) is 2.31. The minimum Gasteiger partial charge on any atom is -0.381 e. The maximum atomic E-state index is 5.35. The molecule has 1 aliphatic heterocycles. The molecule has 1 aliphatic rings. The Balaban J connectivity index is 1.58. The molecule has 106 valence electrons. The molecule has 0 amide bonds. The fraction of sp³-hybridized carbons (Fsp3) is 0.286. The molecular weight excluding hydrogens is 270 g/mol. The van der Waals surface area contributed by atoms with Gasteiger partial charge in [-0.15, -0.1) is 0 Å². The minimum absolute atomic E-state index is 0.246. The summed E-state index contributed by atoms with van der Waals surface area (Å²) in [4.78, 5) is 8.57. The second-order valence-electron chi connectivity index (χ2n) is 4.93. The second-order valence-corrected chi connectivity index (χ2v) is 4.93. The zero-order chi connectivity index (χ0) is 14.1. The molecule has 1 unspecified atom stereocenters. The summed E-state index contributed by atoms with van der Waals surface area (Å²) in [5, 5.41) is 10.7. The van der Waals surface area contributed by atoms with Crippen LogP contribution in [0.2, 0.25) is 0 Å². The smallest absolute Gasteiger partial charge is 0.257 e. The van der Waals surface area contributed by atoms with E-state index in [9.17, 15) is 0 Å². The lowest BCUT2D eigenvalue weighted by atomic mass is 10.1. The van der Waals surface area contributed by atoms with E-state index in [2.05, 4.69) is 25.3 Å². The van der Waals surface area contributed by atoms with Crippen LogP contribution in [0.5, 0.6) is 0 Å². The molecule has 21 heavy (non-hydrogen) atoms. The van der Waals surface area contributed by atoms with Gasteiger partial charge in [0, 0.05) is 23.7 Å². The largest absolute Gasteiger partial charge is 0.381 e. The van der Waals surface area contributed by atoms with Gasteiger partial charge in [0.2, 0.25) is 0 Å². The average molecular weight is 283 g/mol. The van der Waals surface area contributed by atoms with E-state index < -0.39 is 0 Å². The van der Waals surface area contributed by atoms with Gasteiger partial charge < -0.3 is 9.26 Å². The standard InChI is InChI=1S/C14H13N5O2/c1-3-10(4-2-9(1)12-15-8-16-18-12)14-17-13(19-21-14)11-5-6-20-7-11/h1-4,8,11H,5-7H2,(H,15,16,18). The van der Waals surface area contributed by atoms with Crippen molar-refractivity contribution in [1.29, 1.82) is 0 Å². The van der Waals surface area contributed by atoms with Crippen LogP contribution in [0.1, 0.15) is 18.2 Å². The third-order valence-electron chi connectivity index (χ3n) is 3.56. The van der Waals surface area contributed by atoms with Gasteiger partial charge in [-0.3, -0.25) is 5.10 Å². The van der Waals surface area contributed by atoms with Crippen LogP contribution < -0.4 is 0 Å². The van der Waals surface area contributed by atoms with E-state index in [1.807, 2.05) is 24.3 Å². The Hall–Kier alpha value is -2.54. The number of ether oxygens (including phenoxy) is 1. The van der Waals surface area contributed by atoms with E-state index in [1.54, 1.807) is 0 Å². The predicted octanol–water partition coefficient (Wildman–Crippen LogP) is 2.03. The van der Waals surface area contributed by atoms with Crippen molar-refractivity contribution in [2.75, 3.05) is 13.2 Å². The number of hydrogen-bond donors (Lipinski definition) is 1. The summed E-state index contributed by atoms with van der Waals surface area (Å²) in [6, 6.07) is 7.75. The van der Waals surface area contributed by atoms with Gasteiger partial charge in [0.1, 0.15) is 6.33 Å². The van der Waals surface area contributed by atoms with Crippen LogP contribution in [-0.2, 0) is 4.74 Å². The quantitative estimate of drug-likeness (QED) is 0.791. The molecule has 1 aromatic carbocycles. The molecule has 3 aromatic rings. The molecule has 1 atom stereocenters. The van der Waals surface area contributed by atoms with Crippen molar-refractivity contribution in [2.24, 2.45) is 0 Å². The first-order valence-corrected chi connectivity index (χ1v) is 6.78. The fourth-order valence-electron chi connectivity index (χ4n) is 2.37. The lowest BCUT2D eigenvalue weighted by Crippen LogP contribution is -1.99. The highest BCUT2D eigenvalue weighted by Crippen LogP contribution is 2.26. The molecule has 7 nitrogen and oxygen atoms in total. The second kappa shape index (κ2) is 5.10. The topological polar surface area (TPSA) is 89.7 Å². The van der Waals surface area contributed by atoms with Crippen LogP contribution >= 0.6 is 0 Å². The van der Waals surface area contributed by atoms with Crippen molar-refractivity contribution < 1.29 is 9.26 Å². The van der Waals surface area contributed by atoms with E-state index in [0.717, 1.165) is 35.8 Å². The zero-order valence-electron chi connectivity index (χ0n) is 11.2. The third-order valence-corrected chi connectivity index (χ3v) is 3.56. The molecule has 3 heterocycles. The van der Waals surface area contributed by atoms with Crippen LogP contribution in [0, 0.1) is 0 Å². The Kier molecular flexibility index (Phi) is 2.97. The van der Waals surface area contributed by atoms with E-state index in [4.69, 9.17) is 9.26 Å². The molecule has 0 bridgehead atoms. The predicted molar refractivity (Wildman–Crippen MR) is 73.3 cm³/mol. The zero-order valence-corrected chi connectivity index (χ0v) is 11.2. The van der Waals surface area contributed by atoms with Gasteiger partial charge >= 0.3 is 0 Å². The highest BCUT2D eigenvalue weighted by atomic mass is 16.5. The summed E-state index contributed by atoms with van der Waals surface area (Å²) in [6.45, 7) is 1.43. The van der Waals surface area contributed by atoms with E-state index in [0.29, 0.717) is 12.5 Å². The molecular formula is C14H13N5O2. The lowest BCUT2D eigenvalue weighted by Gasteiger charge is -1.98. The van der Waals surface area contributed by atoms with Gasteiger partial charge in [-0.1, -0.05) is 17.3 Å². The van der Waals surface area contributed by atoms with Gasteiger partial charge in [0.05, 0.1) is 6.61 Å². The number of aromatic amines is 1. The summed E-state index contributed by atoms with van der Waals surface area (Å²) in [6.07, 6.45) is 2.43. The first-order chi connectivity index (χ1) is 10.4. The molecule has 0 aliphatic carbocycles. The van der Waals surface area contributed by atoms with Crippen molar-refractivity contribution in [3.05, 3.63) is 36.4 Å². The Labute approximate surface area is 120 Å². The summed E-state index contributed by atoms with van der Waals surface area (Å²) in [5.41, 5.74) is 1.84. The monoisotopic (exact) mass is 283 g/mol. The van der Waals surface area contributed by atoms with E-state index >= 15 is 0 Å². The number of nitrogens with zero attached hydrogens (tertiary/aromatic N) is 4. The minimum atomic E-state index is 0.246. The Bertz CT molecular complexity index is 714. The van der Waals surface area contributed by atoms with Crippen molar-refractivity contribution in [3.8, 4) is 22.8 Å². The van der Waals surface area contributed by atoms with Crippen molar-refractivity contribution in [2.45, 2.75) is 12.3 Å². The highest BCUT2D eigenvalue weighted by Gasteiger charge is 2.23. The molecule has 0 saturated carbocycles. The first-order valence-electron chi connectivity index (χ1n) is 6.78. The normalized spacial score (nSPS) is 18.2. The van der Waals surface area contributed by atoms with Crippen LogP contribution in [-0.4, -0.2) is 38.5 Å². The van der Waals surface area contributed by atoms with Gasteiger partial charge in [-0.25, -0.2) is 4.98 Å². The number of H-pyrrole nitrogens is 1. The number of aromatic nitrogens is 5. The molecule has 1 fully saturated rings. The molecule has 1 saturated heterocycles. The SMILES string of the molecule is c1n[nH]c(-c2ccc(-c3nc(C4CCOC4)no3)cc2)n1. The molecule has 4 rings (SSSR count). The number of benzene rings is 1. The summed E-state index contributed by atoms with van der Waals surface area (Å²) in [5.74, 6) is 2.23. The molecule has 2 aromatic heterocycles. The number of hydrogen-bond acceptors (Lipinski definition) is 6. The summed E-state index contributed by atoms with van der Waals surface area (Å²) >= 11 is 0. The molecule has 7 heteroatoms. The molecule has 0 spiro atoms. The fourth-order valence-corrected chi connectivity index (χ4v) is 2.37. The Morgan fingerprint density at radius 3 is 2.71 bits per heavy atom. The van der Waals surface area contributed by atoms with Crippen LogP contribution in [0.4, 0.5) is 0 Å². The average Bonchev–Trinajstić information content (AvgIpc) is 3.27.